The van der Waals surface area contributed by atoms with Gasteiger partial charge in [0.1, 0.15) is 5.82 Å². The first-order valence-electron chi connectivity index (χ1n) is 4.83. The van der Waals surface area contributed by atoms with Gasteiger partial charge in [0, 0.05) is 12.6 Å². The van der Waals surface area contributed by atoms with Gasteiger partial charge in [0.05, 0.1) is 17.6 Å². The van der Waals surface area contributed by atoms with Crippen LogP contribution < -0.4 is 0 Å². The van der Waals surface area contributed by atoms with Gasteiger partial charge in [0.15, 0.2) is 0 Å². The summed E-state index contributed by atoms with van der Waals surface area (Å²) >= 11 is 0. The first kappa shape index (κ1) is 9.71. The lowest BCUT2D eigenvalue weighted by Crippen LogP contribution is -1.98. The molecule has 0 aromatic carbocycles. The molecule has 0 atom stereocenters. The fraction of sp³-hybridized carbons (Fsp3) is 0.273. The zero-order chi connectivity index (χ0) is 10.8. The highest BCUT2D eigenvalue weighted by Crippen LogP contribution is 2.13. The van der Waals surface area contributed by atoms with E-state index in [9.17, 15) is 4.79 Å². The molecule has 0 saturated carbocycles. The lowest BCUT2D eigenvalue weighted by Gasteiger charge is -1.95. The van der Waals surface area contributed by atoms with Gasteiger partial charge in [0.2, 0.25) is 0 Å². The van der Waals surface area contributed by atoms with Crippen LogP contribution in [-0.2, 0) is 11.2 Å². The van der Waals surface area contributed by atoms with E-state index in [1.807, 2.05) is 35.7 Å². The molecular formula is C11H12N2O2. The highest BCUT2D eigenvalue weighted by molar-refractivity contribution is 5.67. The van der Waals surface area contributed by atoms with E-state index in [4.69, 9.17) is 5.11 Å². The summed E-state index contributed by atoms with van der Waals surface area (Å²) in [5, 5.41) is 8.62. The number of hydrogen-bond acceptors (Lipinski definition) is 2. The minimum atomic E-state index is -0.787. The Bertz CT molecular complexity index is 502. The van der Waals surface area contributed by atoms with Gasteiger partial charge in [-0.15, -0.1) is 0 Å². The number of rotatable bonds is 3. The van der Waals surface area contributed by atoms with Crippen LogP contribution in [0.4, 0.5) is 0 Å². The zero-order valence-electron chi connectivity index (χ0n) is 8.47. The van der Waals surface area contributed by atoms with Gasteiger partial charge >= 0.3 is 5.97 Å². The van der Waals surface area contributed by atoms with E-state index >= 15 is 0 Å². The van der Waals surface area contributed by atoms with Crippen LogP contribution in [0.15, 0.2) is 24.4 Å². The van der Waals surface area contributed by atoms with Crippen molar-refractivity contribution >= 4 is 11.5 Å². The van der Waals surface area contributed by atoms with Gasteiger partial charge in [0.25, 0.3) is 0 Å². The van der Waals surface area contributed by atoms with Gasteiger partial charge in [-0.05, 0) is 19.1 Å². The molecule has 0 spiro atoms. The summed E-state index contributed by atoms with van der Waals surface area (Å²) in [6.07, 6.45) is 2.54. The Labute approximate surface area is 87.2 Å². The normalized spacial score (nSPS) is 10.7. The monoisotopic (exact) mass is 204 g/mol. The van der Waals surface area contributed by atoms with E-state index < -0.39 is 5.97 Å². The van der Waals surface area contributed by atoms with Crippen molar-refractivity contribution in [3.05, 3.63) is 35.9 Å². The first-order valence-corrected chi connectivity index (χ1v) is 4.83. The van der Waals surface area contributed by atoms with Gasteiger partial charge in [-0.1, -0.05) is 6.07 Å². The van der Waals surface area contributed by atoms with Gasteiger partial charge in [-0.3, -0.25) is 4.79 Å². The maximum atomic E-state index is 10.5. The fourth-order valence-corrected chi connectivity index (χ4v) is 1.68. The molecule has 0 radical (unpaired) electrons. The zero-order valence-corrected chi connectivity index (χ0v) is 8.47. The summed E-state index contributed by atoms with van der Waals surface area (Å²) < 4.78 is 1.97. The Hall–Kier alpha value is -1.84. The van der Waals surface area contributed by atoms with E-state index in [1.54, 1.807) is 0 Å². The number of nitrogens with zero attached hydrogens (tertiary/aromatic N) is 2. The van der Waals surface area contributed by atoms with Crippen LogP contribution in [0.25, 0.3) is 5.52 Å². The van der Waals surface area contributed by atoms with Crippen LogP contribution in [0, 0.1) is 6.92 Å². The highest BCUT2D eigenvalue weighted by atomic mass is 16.4. The second-order valence-corrected chi connectivity index (χ2v) is 3.46. The molecule has 0 aliphatic rings. The van der Waals surface area contributed by atoms with Crippen molar-refractivity contribution in [3.63, 3.8) is 0 Å². The molecule has 2 rings (SSSR count). The van der Waals surface area contributed by atoms with E-state index in [0.29, 0.717) is 6.42 Å². The summed E-state index contributed by atoms with van der Waals surface area (Å²) in [6.45, 7) is 1.91. The molecule has 0 aliphatic heterocycles. The van der Waals surface area contributed by atoms with Gasteiger partial charge in [-0.25, -0.2) is 4.98 Å². The molecule has 0 amide bonds. The van der Waals surface area contributed by atoms with E-state index in [-0.39, 0.29) is 6.42 Å². The van der Waals surface area contributed by atoms with Crippen molar-refractivity contribution in [2.45, 2.75) is 19.8 Å². The number of aryl methyl sites for hydroxylation is 2. The predicted octanol–water partition coefficient (Wildman–Crippen LogP) is 1.66. The Kier molecular flexibility index (Phi) is 2.41. The Balaban J connectivity index is 2.39. The number of fused-ring (bicyclic) bond motifs is 1. The maximum absolute atomic E-state index is 10.5. The van der Waals surface area contributed by atoms with E-state index in [2.05, 4.69) is 4.98 Å². The topological polar surface area (TPSA) is 54.6 Å². The summed E-state index contributed by atoms with van der Waals surface area (Å²) in [5.74, 6) is 0.107. The van der Waals surface area contributed by atoms with Crippen LogP contribution in [0.3, 0.4) is 0 Å². The van der Waals surface area contributed by atoms with Crippen LogP contribution in [0.2, 0.25) is 0 Å². The number of carbonyl (C=O) groups is 1. The summed E-state index contributed by atoms with van der Waals surface area (Å²) in [4.78, 5) is 14.8. The molecule has 4 heteroatoms. The van der Waals surface area contributed by atoms with Crippen LogP contribution >= 0.6 is 0 Å². The average molecular weight is 204 g/mol. The molecule has 2 heterocycles. The van der Waals surface area contributed by atoms with E-state index in [1.165, 1.54) is 0 Å². The van der Waals surface area contributed by atoms with Crippen molar-refractivity contribution in [3.8, 4) is 0 Å². The molecular weight excluding hydrogens is 192 g/mol. The predicted molar refractivity (Wildman–Crippen MR) is 55.9 cm³/mol. The molecule has 0 unspecified atom stereocenters. The molecule has 2 aromatic rings. The number of aromatic nitrogens is 2. The average Bonchev–Trinajstić information content (AvgIpc) is 2.54. The number of hydrogen-bond donors (Lipinski definition) is 1. The molecule has 4 nitrogen and oxygen atoms in total. The molecule has 78 valence electrons. The highest BCUT2D eigenvalue weighted by Gasteiger charge is 2.08. The second-order valence-electron chi connectivity index (χ2n) is 3.46. The third kappa shape index (κ3) is 1.83. The molecule has 0 aliphatic carbocycles. The van der Waals surface area contributed by atoms with Crippen molar-refractivity contribution in [2.24, 2.45) is 0 Å². The minimum Gasteiger partial charge on any atom is -0.481 e. The Morgan fingerprint density at radius 3 is 3.07 bits per heavy atom. The first-order chi connectivity index (χ1) is 7.18. The second kappa shape index (κ2) is 3.73. The Morgan fingerprint density at radius 2 is 2.33 bits per heavy atom. The quantitative estimate of drug-likeness (QED) is 0.827. The number of carboxylic acids is 1. The summed E-state index contributed by atoms with van der Waals surface area (Å²) in [6, 6.07) is 5.82. The smallest absolute Gasteiger partial charge is 0.303 e. The summed E-state index contributed by atoms with van der Waals surface area (Å²) in [5.41, 5.74) is 1.85. The third-order valence-electron chi connectivity index (χ3n) is 2.38. The lowest BCUT2D eigenvalue weighted by molar-refractivity contribution is -0.136. The van der Waals surface area contributed by atoms with Crippen molar-refractivity contribution in [2.75, 3.05) is 0 Å². The molecule has 1 N–H and O–H groups in total. The van der Waals surface area contributed by atoms with Crippen LogP contribution in [0.1, 0.15) is 17.9 Å². The molecule has 0 fully saturated rings. The Morgan fingerprint density at radius 1 is 1.53 bits per heavy atom. The molecule has 0 bridgehead atoms. The van der Waals surface area contributed by atoms with Crippen molar-refractivity contribution < 1.29 is 9.90 Å². The third-order valence-corrected chi connectivity index (χ3v) is 2.38. The molecule has 15 heavy (non-hydrogen) atoms. The van der Waals surface area contributed by atoms with Crippen LogP contribution in [0.5, 0.6) is 0 Å². The number of aliphatic carboxylic acids is 1. The fourth-order valence-electron chi connectivity index (χ4n) is 1.68. The van der Waals surface area contributed by atoms with Crippen molar-refractivity contribution in [1.82, 2.24) is 9.38 Å². The standard InChI is InChI=1S/C11H12N2O2/c1-8-12-9(5-6-11(14)15)10-4-2-3-7-13(8)10/h2-4,7H,5-6H2,1H3,(H,14,15). The maximum Gasteiger partial charge on any atom is 0.303 e. The van der Waals surface area contributed by atoms with Crippen molar-refractivity contribution in [1.29, 1.82) is 0 Å². The van der Waals surface area contributed by atoms with E-state index in [0.717, 1.165) is 17.0 Å². The SMILES string of the molecule is Cc1nc(CCC(=O)O)c2ccccn12. The number of imidazole rings is 1. The minimum absolute atomic E-state index is 0.126. The lowest BCUT2D eigenvalue weighted by atomic mass is 10.2. The van der Waals surface area contributed by atoms with Gasteiger partial charge in [-0.2, -0.15) is 0 Å². The molecule has 2 aromatic heterocycles. The van der Waals surface area contributed by atoms with Crippen LogP contribution in [-0.4, -0.2) is 20.5 Å². The summed E-state index contributed by atoms with van der Waals surface area (Å²) in [7, 11) is 0. The number of pyridine rings is 1. The number of carboxylic acid groups (broad SMARTS) is 1. The van der Waals surface area contributed by atoms with Gasteiger partial charge < -0.3 is 9.51 Å². The largest absolute Gasteiger partial charge is 0.481 e. The molecule has 0 saturated heterocycles.